The van der Waals surface area contributed by atoms with E-state index >= 15 is 0 Å². The molecular weight excluding hydrogens is 351 g/mol. The number of rotatable bonds is 4. The van der Waals surface area contributed by atoms with E-state index in [2.05, 4.69) is 5.10 Å². The van der Waals surface area contributed by atoms with Gasteiger partial charge in [-0.3, -0.25) is 14.9 Å². The van der Waals surface area contributed by atoms with E-state index in [1.807, 2.05) is 5.32 Å². The summed E-state index contributed by atoms with van der Waals surface area (Å²) in [6.45, 7) is 0. The average Bonchev–Trinajstić information content (AvgIpc) is 2.84. The minimum atomic E-state index is -4.65. The summed E-state index contributed by atoms with van der Waals surface area (Å²) < 4.78 is 38.6. The van der Waals surface area contributed by atoms with Crippen molar-refractivity contribution in [3.63, 3.8) is 0 Å². The predicted octanol–water partition coefficient (Wildman–Crippen LogP) is 2.51. The van der Waals surface area contributed by atoms with Crippen molar-refractivity contribution in [2.45, 2.75) is 6.18 Å². The molecule has 1 heterocycles. The van der Waals surface area contributed by atoms with E-state index in [4.69, 9.17) is 0 Å². The molecule has 1 amide bonds. The van der Waals surface area contributed by atoms with Gasteiger partial charge < -0.3 is 15.4 Å². The van der Waals surface area contributed by atoms with E-state index in [0.717, 1.165) is 25.2 Å². The summed E-state index contributed by atoms with van der Waals surface area (Å²) in [7, 11) is 1.06. The molecule has 0 saturated heterocycles. The lowest BCUT2D eigenvalue weighted by atomic mass is 10.2. The second kappa shape index (κ2) is 6.18. The van der Waals surface area contributed by atoms with Crippen LogP contribution in [0.2, 0.25) is 0 Å². The zero-order chi connectivity index (χ0) is 18.9. The summed E-state index contributed by atoms with van der Waals surface area (Å²) in [5.41, 5.74) is -3.26. The largest absolute Gasteiger partial charge is 0.468 e. The number of hydrogen-bond donors (Lipinski definition) is 1. The number of aromatic nitrogens is 2. The highest BCUT2D eigenvalue weighted by Gasteiger charge is 2.40. The highest BCUT2D eigenvalue weighted by atomic mass is 19.4. The minimum absolute atomic E-state index is 0.294. The van der Waals surface area contributed by atoms with Crippen LogP contribution in [0.15, 0.2) is 24.3 Å². The van der Waals surface area contributed by atoms with Gasteiger partial charge in [-0.05, 0) is 23.1 Å². The molecule has 0 bridgehead atoms. The molecule has 1 N–H and O–H groups in total. The Balaban J connectivity index is 2.43. The van der Waals surface area contributed by atoms with Crippen LogP contribution in [0.5, 0.6) is 0 Å². The van der Waals surface area contributed by atoms with Gasteiger partial charge in [0.15, 0.2) is 0 Å². The van der Waals surface area contributed by atoms with Gasteiger partial charge >= 0.3 is 17.7 Å². The molecule has 0 atom stereocenters. The SMILES string of the molecule is Cn1nc([N+](=O)[O-])c([N+](=O)[O-])c1C(=O)Nc1cccc(C(F)(F)F)c1. The van der Waals surface area contributed by atoms with Crippen molar-refractivity contribution in [3.05, 3.63) is 55.8 Å². The molecule has 0 radical (unpaired) electrons. The highest BCUT2D eigenvalue weighted by molar-refractivity contribution is 6.06. The van der Waals surface area contributed by atoms with Crippen LogP contribution in [0.4, 0.5) is 30.4 Å². The zero-order valence-corrected chi connectivity index (χ0v) is 12.3. The number of halogens is 3. The summed E-state index contributed by atoms with van der Waals surface area (Å²) in [4.78, 5) is 31.7. The van der Waals surface area contributed by atoms with Crippen molar-refractivity contribution in [2.24, 2.45) is 7.05 Å². The second-order valence-electron chi connectivity index (χ2n) is 4.69. The number of aryl methyl sites for hydroxylation is 1. The number of hydrogen-bond acceptors (Lipinski definition) is 6. The van der Waals surface area contributed by atoms with Crippen LogP contribution in [0.25, 0.3) is 0 Å². The van der Waals surface area contributed by atoms with E-state index in [-0.39, 0.29) is 5.69 Å². The van der Waals surface area contributed by atoms with Gasteiger partial charge in [0.2, 0.25) is 5.69 Å². The van der Waals surface area contributed by atoms with Gasteiger partial charge in [-0.25, -0.2) is 0 Å². The summed E-state index contributed by atoms with van der Waals surface area (Å²) in [6, 6.07) is 3.55. The first-order valence-corrected chi connectivity index (χ1v) is 6.36. The Hall–Kier alpha value is -3.51. The quantitative estimate of drug-likeness (QED) is 0.658. The Kier molecular flexibility index (Phi) is 4.41. The van der Waals surface area contributed by atoms with Crippen LogP contribution >= 0.6 is 0 Å². The fourth-order valence-electron chi connectivity index (χ4n) is 2.01. The normalized spacial score (nSPS) is 11.2. The van der Waals surface area contributed by atoms with Crippen molar-refractivity contribution in [2.75, 3.05) is 5.32 Å². The number of amides is 1. The van der Waals surface area contributed by atoms with Crippen LogP contribution in [-0.4, -0.2) is 25.5 Å². The van der Waals surface area contributed by atoms with E-state index in [1.165, 1.54) is 0 Å². The first kappa shape index (κ1) is 17.8. The van der Waals surface area contributed by atoms with E-state index in [1.54, 1.807) is 0 Å². The molecule has 2 rings (SSSR count). The minimum Gasteiger partial charge on any atom is -0.358 e. The molecule has 10 nitrogen and oxygen atoms in total. The predicted molar refractivity (Wildman–Crippen MR) is 75.9 cm³/mol. The molecule has 25 heavy (non-hydrogen) atoms. The molecule has 0 unspecified atom stereocenters. The molecule has 132 valence electrons. The maximum atomic E-state index is 12.7. The lowest BCUT2D eigenvalue weighted by Gasteiger charge is -2.09. The first-order valence-electron chi connectivity index (χ1n) is 6.36. The molecule has 0 aliphatic carbocycles. The van der Waals surface area contributed by atoms with Gasteiger partial charge in [-0.1, -0.05) is 6.07 Å². The van der Waals surface area contributed by atoms with Gasteiger partial charge in [-0.15, -0.1) is 0 Å². The highest BCUT2D eigenvalue weighted by Crippen LogP contribution is 2.32. The number of nitro groups is 2. The third-order valence-electron chi connectivity index (χ3n) is 3.02. The number of anilines is 1. The summed E-state index contributed by atoms with van der Waals surface area (Å²) >= 11 is 0. The van der Waals surface area contributed by atoms with E-state index in [0.29, 0.717) is 10.7 Å². The number of nitrogens with one attached hydrogen (secondary N) is 1. The molecular formula is C12H8F3N5O5. The lowest BCUT2D eigenvalue weighted by molar-refractivity contribution is -0.424. The molecule has 13 heteroatoms. The van der Waals surface area contributed by atoms with Gasteiger partial charge in [0.1, 0.15) is 0 Å². The number of carbonyl (C=O) groups excluding carboxylic acids is 1. The molecule has 0 spiro atoms. The fourth-order valence-corrected chi connectivity index (χ4v) is 2.01. The standard InChI is InChI=1S/C12H8F3N5O5/c1-18-9(8(19(22)23)10(17-18)20(24)25)11(21)16-7-4-2-3-6(5-7)12(13,14)15/h2-5H,1H3,(H,16,21). The Morgan fingerprint density at radius 2 is 1.88 bits per heavy atom. The van der Waals surface area contributed by atoms with Crippen molar-refractivity contribution < 1.29 is 27.8 Å². The Morgan fingerprint density at radius 3 is 2.40 bits per heavy atom. The molecule has 2 aromatic rings. The third-order valence-corrected chi connectivity index (χ3v) is 3.02. The van der Waals surface area contributed by atoms with E-state index in [9.17, 15) is 38.2 Å². The number of benzene rings is 1. The topological polar surface area (TPSA) is 133 Å². The van der Waals surface area contributed by atoms with E-state index < -0.39 is 44.7 Å². The van der Waals surface area contributed by atoms with Gasteiger partial charge in [0, 0.05) is 5.69 Å². The molecule has 1 aromatic heterocycles. The van der Waals surface area contributed by atoms with Crippen molar-refractivity contribution >= 4 is 23.1 Å². The number of nitrogens with zero attached hydrogens (tertiary/aromatic N) is 4. The lowest BCUT2D eigenvalue weighted by Crippen LogP contribution is -2.18. The molecule has 1 aromatic carbocycles. The third kappa shape index (κ3) is 3.54. The second-order valence-corrected chi connectivity index (χ2v) is 4.69. The maximum Gasteiger partial charge on any atom is 0.468 e. The summed E-state index contributed by atoms with van der Waals surface area (Å²) in [5.74, 6) is -2.36. The Labute approximate surface area is 136 Å². The average molecular weight is 359 g/mol. The smallest absolute Gasteiger partial charge is 0.358 e. The van der Waals surface area contributed by atoms with Gasteiger partial charge in [0.25, 0.3) is 5.91 Å². The van der Waals surface area contributed by atoms with Crippen LogP contribution in [-0.2, 0) is 13.2 Å². The molecule has 0 fully saturated rings. The van der Waals surface area contributed by atoms with Crippen LogP contribution in [0.3, 0.4) is 0 Å². The van der Waals surface area contributed by atoms with Crippen molar-refractivity contribution in [3.8, 4) is 0 Å². The van der Waals surface area contributed by atoms with Crippen LogP contribution in [0.1, 0.15) is 16.1 Å². The summed E-state index contributed by atoms with van der Waals surface area (Å²) in [5, 5.41) is 27.1. The Morgan fingerprint density at radius 1 is 1.24 bits per heavy atom. The maximum absolute atomic E-state index is 12.7. The molecule has 0 saturated carbocycles. The van der Waals surface area contributed by atoms with Gasteiger partial charge in [0.05, 0.1) is 22.6 Å². The van der Waals surface area contributed by atoms with Crippen molar-refractivity contribution in [1.29, 1.82) is 0 Å². The molecule has 0 aliphatic heterocycles. The van der Waals surface area contributed by atoms with Crippen LogP contribution in [0, 0.1) is 20.2 Å². The van der Waals surface area contributed by atoms with Crippen molar-refractivity contribution in [1.82, 2.24) is 9.78 Å². The Bertz CT molecular complexity index is 877. The summed E-state index contributed by atoms with van der Waals surface area (Å²) in [6.07, 6.45) is -4.65. The van der Waals surface area contributed by atoms with Gasteiger partial charge in [-0.2, -0.15) is 17.9 Å². The first-order chi connectivity index (χ1) is 11.5. The van der Waals surface area contributed by atoms with Crippen LogP contribution < -0.4 is 5.32 Å². The fraction of sp³-hybridized carbons (Fsp3) is 0.167. The number of alkyl halides is 3. The molecule has 0 aliphatic rings. The number of carbonyl (C=O) groups is 1. The zero-order valence-electron chi connectivity index (χ0n) is 12.3. The monoisotopic (exact) mass is 359 g/mol.